The van der Waals surface area contributed by atoms with Gasteiger partial charge in [0.15, 0.2) is 0 Å². The quantitative estimate of drug-likeness (QED) is 0.876. The summed E-state index contributed by atoms with van der Waals surface area (Å²) in [7, 11) is 0. The minimum Gasteiger partial charge on any atom is -0.392 e. The van der Waals surface area contributed by atoms with Gasteiger partial charge in [-0.2, -0.15) is 0 Å². The molecule has 1 aliphatic rings. The first kappa shape index (κ1) is 19.1. The maximum atomic E-state index is 12.8. The van der Waals surface area contributed by atoms with E-state index in [9.17, 15) is 9.90 Å². The average Bonchev–Trinajstić information content (AvgIpc) is 3.12. The Bertz CT molecular complexity index is 784. The molecule has 140 valence electrons. The minimum atomic E-state index is -0.0326. The molecule has 1 amide bonds. The molecule has 2 heterocycles. The van der Waals surface area contributed by atoms with Gasteiger partial charge in [0.1, 0.15) is 0 Å². The highest BCUT2D eigenvalue weighted by Gasteiger charge is 2.27. The first-order valence-corrected chi connectivity index (χ1v) is 10.1. The number of aryl methyl sites for hydroxylation is 1. The summed E-state index contributed by atoms with van der Waals surface area (Å²) in [6, 6.07) is 5.59. The fraction of sp³-hybridized carbons (Fsp3) is 0.524. The molecule has 2 aromatic rings. The number of hydrogen-bond donors (Lipinski definition) is 1. The Hall–Kier alpha value is -1.72. The minimum absolute atomic E-state index is 0.0326. The summed E-state index contributed by atoms with van der Waals surface area (Å²) in [6.45, 7) is 10.0. The van der Waals surface area contributed by atoms with E-state index in [1.807, 2.05) is 30.0 Å². The Labute approximate surface area is 159 Å². The number of piperidine rings is 1. The van der Waals surface area contributed by atoms with Crippen LogP contribution >= 0.6 is 11.3 Å². The molecule has 26 heavy (non-hydrogen) atoms. The molecular formula is C21H28N2O2S. The van der Waals surface area contributed by atoms with E-state index in [4.69, 9.17) is 4.98 Å². The standard InChI is InChI=1S/C21H28N2O2S/c1-14-5-6-16(11-17(14)12-24)20(25)23-9-7-15(8-10-23)19-22-18(13-26-19)21(2,3)4/h5-6,11,13,15,24H,7-10,12H2,1-4H3. The number of thiazole rings is 1. The number of rotatable bonds is 3. The third kappa shape index (κ3) is 3.99. The smallest absolute Gasteiger partial charge is 0.253 e. The number of aromatic nitrogens is 1. The Morgan fingerprint density at radius 2 is 2.00 bits per heavy atom. The molecular weight excluding hydrogens is 344 g/mol. The Morgan fingerprint density at radius 1 is 1.31 bits per heavy atom. The van der Waals surface area contributed by atoms with Crippen molar-refractivity contribution in [3.63, 3.8) is 0 Å². The van der Waals surface area contributed by atoms with Gasteiger partial charge in [-0.05, 0) is 43.0 Å². The van der Waals surface area contributed by atoms with Gasteiger partial charge in [0.05, 0.1) is 17.3 Å². The van der Waals surface area contributed by atoms with Crippen molar-refractivity contribution in [3.05, 3.63) is 51.0 Å². The summed E-state index contributed by atoms with van der Waals surface area (Å²) in [5.74, 6) is 0.513. The molecule has 0 atom stereocenters. The Morgan fingerprint density at radius 3 is 2.58 bits per heavy atom. The monoisotopic (exact) mass is 372 g/mol. The molecule has 1 saturated heterocycles. The van der Waals surface area contributed by atoms with Crippen molar-refractivity contribution in [1.29, 1.82) is 0 Å². The van der Waals surface area contributed by atoms with E-state index in [1.54, 1.807) is 11.3 Å². The van der Waals surface area contributed by atoms with Crippen LogP contribution < -0.4 is 0 Å². The van der Waals surface area contributed by atoms with Crippen molar-refractivity contribution in [2.75, 3.05) is 13.1 Å². The lowest BCUT2D eigenvalue weighted by Crippen LogP contribution is -2.38. The summed E-state index contributed by atoms with van der Waals surface area (Å²) in [5, 5.41) is 12.8. The molecule has 1 aromatic heterocycles. The molecule has 0 bridgehead atoms. The molecule has 1 aliphatic heterocycles. The normalized spacial score (nSPS) is 16.1. The SMILES string of the molecule is Cc1ccc(C(=O)N2CCC(c3nc(C(C)(C)C)cs3)CC2)cc1CO. The van der Waals surface area contributed by atoms with Crippen molar-refractivity contribution in [3.8, 4) is 0 Å². The molecule has 1 N–H and O–H groups in total. The summed E-state index contributed by atoms with van der Waals surface area (Å²) in [6.07, 6.45) is 1.92. The zero-order valence-corrected chi connectivity index (χ0v) is 16.9. The third-order valence-corrected chi connectivity index (χ3v) is 6.20. The third-order valence-electron chi connectivity index (χ3n) is 5.19. The van der Waals surface area contributed by atoms with E-state index < -0.39 is 0 Å². The molecule has 5 heteroatoms. The molecule has 0 saturated carbocycles. The number of carbonyl (C=O) groups excluding carboxylic acids is 1. The molecule has 0 unspecified atom stereocenters. The Balaban J connectivity index is 1.65. The van der Waals surface area contributed by atoms with Crippen LogP contribution in [0, 0.1) is 6.92 Å². The van der Waals surface area contributed by atoms with Crippen LogP contribution in [0.15, 0.2) is 23.6 Å². The van der Waals surface area contributed by atoms with Gasteiger partial charge in [-0.3, -0.25) is 4.79 Å². The number of hydrogen-bond acceptors (Lipinski definition) is 4. The zero-order valence-electron chi connectivity index (χ0n) is 16.1. The number of carbonyl (C=O) groups is 1. The second-order valence-corrected chi connectivity index (χ2v) is 9.08. The van der Waals surface area contributed by atoms with Gasteiger partial charge < -0.3 is 10.0 Å². The van der Waals surface area contributed by atoms with Gasteiger partial charge in [0, 0.05) is 35.4 Å². The maximum absolute atomic E-state index is 12.8. The predicted octanol–water partition coefficient (Wildman–Crippen LogP) is 4.26. The van der Waals surface area contributed by atoms with Crippen molar-refractivity contribution in [1.82, 2.24) is 9.88 Å². The van der Waals surface area contributed by atoms with Gasteiger partial charge in [-0.15, -0.1) is 11.3 Å². The average molecular weight is 373 g/mol. The summed E-state index contributed by atoms with van der Waals surface area (Å²) < 4.78 is 0. The van der Waals surface area contributed by atoms with Gasteiger partial charge in [0.25, 0.3) is 5.91 Å². The lowest BCUT2D eigenvalue weighted by atomic mass is 9.93. The summed E-state index contributed by atoms with van der Waals surface area (Å²) in [4.78, 5) is 19.6. The van der Waals surface area contributed by atoms with Gasteiger partial charge in [-0.25, -0.2) is 4.98 Å². The fourth-order valence-corrected chi connectivity index (χ4v) is 4.52. The van der Waals surface area contributed by atoms with Crippen molar-refractivity contribution < 1.29 is 9.90 Å². The van der Waals surface area contributed by atoms with E-state index >= 15 is 0 Å². The van der Waals surface area contributed by atoms with E-state index in [0.717, 1.165) is 42.8 Å². The van der Waals surface area contributed by atoms with Gasteiger partial charge in [-0.1, -0.05) is 26.8 Å². The number of benzene rings is 1. The van der Waals surface area contributed by atoms with Crippen LogP contribution in [-0.4, -0.2) is 34.0 Å². The van der Waals surface area contributed by atoms with Crippen LogP contribution in [0.2, 0.25) is 0 Å². The number of aliphatic hydroxyl groups is 1. The largest absolute Gasteiger partial charge is 0.392 e. The molecule has 0 aliphatic carbocycles. The van der Waals surface area contributed by atoms with Crippen LogP contribution in [0.4, 0.5) is 0 Å². The van der Waals surface area contributed by atoms with E-state index in [-0.39, 0.29) is 17.9 Å². The second-order valence-electron chi connectivity index (χ2n) is 8.19. The van der Waals surface area contributed by atoms with Crippen molar-refractivity contribution >= 4 is 17.2 Å². The maximum Gasteiger partial charge on any atom is 0.253 e. The molecule has 1 aromatic carbocycles. The highest BCUT2D eigenvalue weighted by Crippen LogP contribution is 2.33. The number of likely N-dealkylation sites (tertiary alicyclic amines) is 1. The highest BCUT2D eigenvalue weighted by molar-refractivity contribution is 7.09. The van der Waals surface area contributed by atoms with E-state index in [1.165, 1.54) is 5.01 Å². The van der Waals surface area contributed by atoms with E-state index in [0.29, 0.717) is 11.5 Å². The highest BCUT2D eigenvalue weighted by atomic mass is 32.1. The molecule has 3 rings (SSSR count). The predicted molar refractivity (Wildman–Crippen MR) is 106 cm³/mol. The first-order chi connectivity index (χ1) is 12.3. The van der Waals surface area contributed by atoms with Crippen LogP contribution in [-0.2, 0) is 12.0 Å². The lowest BCUT2D eigenvalue weighted by Gasteiger charge is -2.31. The fourth-order valence-electron chi connectivity index (χ4n) is 3.31. The zero-order chi connectivity index (χ0) is 18.9. The summed E-state index contributed by atoms with van der Waals surface area (Å²) in [5.41, 5.74) is 3.75. The second kappa shape index (κ2) is 7.49. The van der Waals surface area contributed by atoms with Gasteiger partial charge >= 0.3 is 0 Å². The number of nitrogens with zero attached hydrogens (tertiary/aromatic N) is 2. The first-order valence-electron chi connectivity index (χ1n) is 9.25. The van der Waals surface area contributed by atoms with Crippen molar-refractivity contribution in [2.45, 2.75) is 58.5 Å². The van der Waals surface area contributed by atoms with Crippen LogP contribution in [0.25, 0.3) is 0 Å². The van der Waals surface area contributed by atoms with Crippen molar-refractivity contribution in [2.24, 2.45) is 0 Å². The van der Waals surface area contributed by atoms with Crippen LogP contribution in [0.3, 0.4) is 0 Å². The lowest BCUT2D eigenvalue weighted by molar-refractivity contribution is 0.0712. The molecule has 4 nitrogen and oxygen atoms in total. The Kier molecular flexibility index (Phi) is 5.49. The molecule has 0 radical (unpaired) electrons. The molecule has 1 fully saturated rings. The van der Waals surface area contributed by atoms with Crippen LogP contribution in [0.1, 0.15) is 71.7 Å². The molecule has 0 spiro atoms. The summed E-state index contributed by atoms with van der Waals surface area (Å²) >= 11 is 1.75. The van der Waals surface area contributed by atoms with Gasteiger partial charge in [0.2, 0.25) is 0 Å². The van der Waals surface area contributed by atoms with Crippen LogP contribution in [0.5, 0.6) is 0 Å². The topological polar surface area (TPSA) is 53.4 Å². The number of amides is 1. The van der Waals surface area contributed by atoms with E-state index in [2.05, 4.69) is 26.2 Å². The number of aliphatic hydroxyl groups excluding tert-OH is 1.